The van der Waals surface area contributed by atoms with E-state index in [4.69, 9.17) is 20.3 Å². The highest BCUT2D eigenvalue weighted by molar-refractivity contribution is 6.74. The van der Waals surface area contributed by atoms with Gasteiger partial charge < -0.3 is 19.2 Å². The molecule has 0 aromatic carbocycles. The summed E-state index contributed by atoms with van der Waals surface area (Å²) < 4.78 is 35.6. The normalized spacial score (nSPS) is 20.5. The van der Waals surface area contributed by atoms with Gasteiger partial charge in [-0.1, -0.05) is 79.6 Å². The van der Waals surface area contributed by atoms with Crippen LogP contribution in [0.5, 0.6) is 0 Å². The van der Waals surface area contributed by atoms with Crippen LogP contribution in [-0.2, 0) is 23.5 Å². The monoisotopic (exact) mass is 645 g/mol. The Balaban J connectivity index is 1.94. The molecule has 1 saturated heterocycles. The highest BCUT2D eigenvalue weighted by Crippen LogP contribution is 2.45. The molecule has 1 fully saturated rings. The lowest BCUT2D eigenvalue weighted by Gasteiger charge is -2.41. The molecule has 1 aliphatic heterocycles. The van der Waals surface area contributed by atoms with E-state index >= 15 is 0 Å². The van der Waals surface area contributed by atoms with Gasteiger partial charge >= 0.3 is 12.0 Å². The summed E-state index contributed by atoms with van der Waals surface area (Å²) in [6.07, 6.45) is 12.8. The minimum atomic E-state index is -2.37. The fraction of sp³-hybridized carbons (Fsp3) is 0.727. The molecule has 2 aromatic heterocycles. The molecular formula is C33H52FN5O5Si. The third-order valence-corrected chi connectivity index (χ3v) is 13.5. The van der Waals surface area contributed by atoms with Gasteiger partial charge in [0.2, 0.25) is 5.91 Å². The number of amides is 1. The molecule has 3 rings (SSSR count). The van der Waals surface area contributed by atoms with E-state index in [1.165, 1.54) is 6.33 Å². The zero-order chi connectivity index (χ0) is 33.4. The van der Waals surface area contributed by atoms with Crippen molar-refractivity contribution in [1.29, 1.82) is 0 Å². The molecular weight excluding hydrogens is 593 g/mol. The SMILES string of the molecule is C#C[C@]1(COC(=O)C(CCC)CCC)O[C@@H](n2cnc3c(NC(=O)CCCCCC)nc(F)nc32)C[C@@H]1O[Si](C)(C)C(C)(C)C. The standard InChI is InChI=1S/C33H52FN5O5Si/c1-10-14-15-16-19-25(40)36-28-27-29(38-31(34)37-28)39(22-35-27)26-20-24(44-45(8,9)32(5,6)7)33(13-4,43-26)21-42-30(41)23(17-11-2)18-12-3/h4,22-24,26H,10-12,14-21H2,1-3,5-9H3,(H,36,37,38,40)/t24-,26+,33+/m0/s1. The first-order chi connectivity index (χ1) is 21.2. The van der Waals surface area contributed by atoms with E-state index in [1.54, 1.807) is 4.57 Å². The topological polar surface area (TPSA) is 117 Å². The van der Waals surface area contributed by atoms with Crippen LogP contribution in [0.25, 0.3) is 11.2 Å². The Kier molecular flexibility index (Phi) is 12.7. The van der Waals surface area contributed by atoms with Crippen molar-refractivity contribution >= 4 is 37.2 Å². The van der Waals surface area contributed by atoms with E-state index in [0.717, 1.165) is 51.4 Å². The molecule has 1 aliphatic rings. The summed E-state index contributed by atoms with van der Waals surface area (Å²) in [6, 6.07) is 0. The average Bonchev–Trinajstić information content (AvgIpc) is 3.54. The van der Waals surface area contributed by atoms with Crippen molar-refractivity contribution in [2.24, 2.45) is 5.92 Å². The maximum absolute atomic E-state index is 14.7. The number of nitrogens with zero attached hydrogens (tertiary/aromatic N) is 4. The van der Waals surface area contributed by atoms with Crippen LogP contribution in [0.1, 0.15) is 112 Å². The molecule has 1 amide bonds. The Hall–Kier alpha value is -2.88. The Morgan fingerprint density at radius 2 is 1.87 bits per heavy atom. The molecule has 10 nitrogen and oxygen atoms in total. The number of fused-ring (bicyclic) bond motifs is 1. The molecule has 0 saturated carbocycles. The molecule has 0 bridgehead atoms. The van der Waals surface area contributed by atoms with E-state index in [1.807, 2.05) is 13.8 Å². The van der Waals surface area contributed by atoms with Crippen LogP contribution in [0.3, 0.4) is 0 Å². The molecule has 250 valence electrons. The van der Waals surface area contributed by atoms with E-state index < -0.39 is 32.3 Å². The van der Waals surface area contributed by atoms with Gasteiger partial charge in [-0.3, -0.25) is 14.2 Å². The Labute approximate surface area is 268 Å². The summed E-state index contributed by atoms with van der Waals surface area (Å²) in [5, 5.41) is 2.57. The number of terminal acetylenes is 1. The number of carbonyl (C=O) groups excluding carboxylic acids is 2. The van der Waals surface area contributed by atoms with Crippen molar-refractivity contribution < 1.29 is 27.9 Å². The van der Waals surface area contributed by atoms with E-state index in [2.05, 4.69) is 67.0 Å². The van der Waals surface area contributed by atoms with Crippen molar-refractivity contribution in [3.8, 4) is 12.3 Å². The predicted molar refractivity (Wildman–Crippen MR) is 175 cm³/mol. The number of nitrogens with one attached hydrogen (secondary N) is 1. The third-order valence-electron chi connectivity index (χ3n) is 9.03. The number of imidazole rings is 1. The first kappa shape index (κ1) is 36.6. The zero-order valence-corrected chi connectivity index (χ0v) is 29.4. The van der Waals surface area contributed by atoms with Gasteiger partial charge in [-0.05, 0) is 37.4 Å². The molecule has 0 radical (unpaired) electrons. The van der Waals surface area contributed by atoms with Crippen LogP contribution in [0.15, 0.2) is 6.33 Å². The molecule has 0 spiro atoms. The Bertz CT molecular complexity index is 1350. The van der Waals surface area contributed by atoms with E-state index in [0.29, 0.717) is 6.42 Å². The minimum Gasteiger partial charge on any atom is -0.461 e. The summed E-state index contributed by atoms with van der Waals surface area (Å²) in [4.78, 5) is 38.0. The van der Waals surface area contributed by atoms with E-state index in [-0.39, 0.29) is 52.8 Å². The lowest BCUT2D eigenvalue weighted by atomic mass is 9.97. The highest BCUT2D eigenvalue weighted by Gasteiger charge is 2.54. The largest absolute Gasteiger partial charge is 0.461 e. The van der Waals surface area contributed by atoms with Crippen molar-refractivity contribution in [2.75, 3.05) is 11.9 Å². The Morgan fingerprint density at radius 1 is 1.18 bits per heavy atom. The quantitative estimate of drug-likeness (QED) is 0.0664. The smallest absolute Gasteiger partial charge is 0.312 e. The lowest BCUT2D eigenvalue weighted by Crippen LogP contribution is -2.52. The number of ether oxygens (including phenoxy) is 2. The van der Waals surface area contributed by atoms with Gasteiger partial charge in [-0.2, -0.15) is 14.4 Å². The second kappa shape index (κ2) is 15.6. The van der Waals surface area contributed by atoms with Gasteiger partial charge in [0.05, 0.1) is 18.3 Å². The summed E-state index contributed by atoms with van der Waals surface area (Å²) in [5.41, 5.74) is -1.01. The fourth-order valence-electron chi connectivity index (χ4n) is 5.35. The van der Waals surface area contributed by atoms with Crippen LogP contribution < -0.4 is 5.32 Å². The van der Waals surface area contributed by atoms with Crippen molar-refractivity contribution in [3.05, 3.63) is 12.4 Å². The van der Waals surface area contributed by atoms with Gasteiger partial charge in [-0.25, -0.2) is 4.98 Å². The van der Waals surface area contributed by atoms with Crippen molar-refractivity contribution in [2.45, 2.75) is 142 Å². The fourth-order valence-corrected chi connectivity index (χ4v) is 6.70. The molecule has 12 heteroatoms. The molecule has 3 heterocycles. The van der Waals surface area contributed by atoms with Gasteiger partial charge in [0.1, 0.15) is 12.8 Å². The predicted octanol–water partition coefficient (Wildman–Crippen LogP) is 7.32. The van der Waals surface area contributed by atoms with Crippen molar-refractivity contribution in [1.82, 2.24) is 19.5 Å². The molecule has 0 unspecified atom stereocenters. The molecule has 3 atom stereocenters. The molecule has 45 heavy (non-hydrogen) atoms. The van der Waals surface area contributed by atoms with Gasteiger partial charge in [0.25, 0.3) is 0 Å². The number of unbranched alkanes of at least 4 members (excludes halogenated alkanes) is 3. The number of halogens is 1. The minimum absolute atomic E-state index is 0.00107. The summed E-state index contributed by atoms with van der Waals surface area (Å²) in [6.45, 7) is 16.6. The van der Waals surface area contributed by atoms with E-state index in [9.17, 15) is 14.0 Å². The number of carbonyl (C=O) groups is 2. The number of aromatic nitrogens is 4. The summed E-state index contributed by atoms with van der Waals surface area (Å²) in [7, 11) is -2.37. The summed E-state index contributed by atoms with van der Waals surface area (Å²) >= 11 is 0. The first-order valence-corrected chi connectivity index (χ1v) is 19.3. The molecule has 2 aromatic rings. The lowest BCUT2D eigenvalue weighted by molar-refractivity contribution is -0.161. The van der Waals surface area contributed by atoms with Crippen LogP contribution in [0, 0.1) is 24.3 Å². The number of anilines is 1. The van der Waals surface area contributed by atoms with Crippen LogP contribution in [-0.4, -0.2) is 58.0 Å². The Morgan fingerprint density at radius 3 is 2.47 bits per heavy atom. The number of rotatable bonds is 16. The first-order valence-electron chi connectivity index (χ1n) is 16.4. The number of esters is 1. The second-order valence-corrected chi connectivity index (χ2v) is 18.4. The third kappa shape index (κ3) is 8.89. The number of hydrogen-bond donors (Lipinski definition) is 1. The maximum atomic E-state index is 14.7. The van der Waals surface area contributed by atoms with Crippen LogP contribution in [0.4, 0.5) is 10.2 Å². The summed E-state index contributed by atoms with van der Waals surface area (Å²) in [5.74, 6) is 1.99. The van der Waals surface area contributed by atoms with Gasteiger partial charge in [0.15, 0.2) is 30.9 Å². The van der Waals surface area contributed by atoms with Crippen LogP contribution in [0.2, 0.25) is 18.1 Å². The van der Waals surface area contributed by atoms with Gasteiger partial charge in [-0.15, -0.1) is 6.42 Å². The van der Waals surface area contributed by atoms with Gasteiger partial charge in [0, 0.05) is 12.8 Å². The second-order valence-electron chi connectivity index (χ2n) is 13.6. The van der Waals surface area contributed by atoms with Crippen LogP contribution >= 0.6 is 0 Å². The highest BCUT2D eigenvalue weighted by atomic mass is 28.4. The average molecular weight is 646 g/mol. The zero-order valence-electron chi connectivity index (χ0n) is 28.4. The number of hydrogen-bond acceptors (Lipinski definition) is 8. The molecule has 1 N–H and O–H groups in total. The maximum Gasteiger partial charge on any atom is 0.312 e. The molecule has 0 aliphatic carbocycles. The van der Waals surface area contributed by atoms with Crippen molar-refractivity contribution in [3.63, 3.8) is 0 Å².